The number of ether oxygens (including phenoxy) is 1. The molecule has 4 nitrogen and oxygen atoms in total. The van der Waals surface area contributed by atoms with Gasteiger partial charge in [-0.3, -0.25) is 9.59 Å². The number of halogens is 2. The van der Waals surface area contributed by atoms with Crippen molar-refractivity contribution in [3.8, 4) is 0 Å². The fourth-order valence-corrected chi connectivity index (χ4v) is 3.18. The van der Waals surface area contributed by atoms with Crippen molar-refractivity contribution in [1.82, 2.24) is 0 Å². The van der Waals surface area contributed by atoms with Crippen molar-refractivity contribution in [2.45, 2.75) is 18.9 Å². The van der Waals surface area contributed by atoms with Crippen molar-refractivity contribution in [2.75, 3.05) is 5.32 Å². The van der Waals surface area contributed by atoms with E-state index in [0.717, 1.165) is 5.56 Å². The lowest BCUT2D eigenvalue weighted by atomic mass is 9.82. The van der Waals surface area contributed by atoms with E-state index in [4.69, 9.17) is 27.9 Å². The van der Waals surface area contributed by atoms with Crippen LogP contribution < -0.4 is 5.32 Å². The Balaban J connectivity index is 1.87. The molecule has 124 valence electrons. The number of benzene rings is 2. The van der Waals surface area contributed by atoms with Crippen molar-refractivity contribution in [3.05, 3.63) is 64.1 Å². The van der Waals surface area contributed by atoms with E-state index in [-0.39, 0.29) is 12.3 Å². The van der Waals surface area contributed by atoms with Crippen LogP contribution in [0.5, 0.6) is 0 Å². The summed E-state index contributed by atoms with van der Waals surface area (Å²) in [6, 6.07) is 14.1. The molecule has 24 heavy (non-hydrogen) atoms. The largest absolute Gasteiger partial charge is 0.454 e. The standard InChI is InChI=1S/C18H15Cl2NO3/c1-18(11-5-3-2-4-6-11)13(10-16(22)24-18)17(23)21-12-7-8-14(19)15(20)9-12/h2-9,13H,10H2,1H3,(H,21,23). The number of esters is 1. The van der Waals surface area contributed by atoms with Gasteiger partial charge in [0.1, 0.15) is 5.60 Å². The lowest BCUT2D eigenvalue weighted by Gasteiger charge is -2.29. The molecule has 0 spiro atoms. The van der Waals surface area contributed by atoms with Crippen LogP contribution in [0.25, 0.3) is 0 Å². The van der Waals surface area contributed by atoms with E-state index in [9.17, 15) is 9.59 Å². The Hall–Kier alpha value is -2.04. The molecule has 2 atom stereocenters. The number of anilines is 1. The lowest BCUT2D eigenvalue weighted by Crippen LogP contribution is -2.37. The molecule has 0 radical (unpaired) electrons. The SMILES string of the molecule is CC1(c2ccccc2)OC(=O)CC1C(=O)Nc1ccc(Cl)c(Cl)c1. The van der Waals surface area contributed by atoms with Gasteiger partial charge in [-0.25, -0.2) is 0 Å². The van der Waals surface area contributed by atoms with E-state index in [1.54, 1.807) is 25.1 Å². The Kier molecular flexibility index (Phi) is 4.52. The van der Waals surface area contributed by atoms with E-state index in [0.29, 0.717) is 15.7 Å². The average molecular weight is 364 g/mol. The number of hydrogen-bond donors (Lipinski definition) is 1. The highest BCUT2D eigenvalue weighted by Gasteiger charge is 2.50. The molecule has 0 bridgehead atoms. The van der Waals surface area contributed by atoms with Gasteiger partial charge in [0.15, 0.2) is 0 Å². The highest BCUT2D eigenvalue weighted by molar-refractivity contribution is 6.42. The predicted octanol–water partition coefficient (Wildman–Crippen LogP) is 4.41. The van der Waals surface area contributed by atoms with E-state index in [2.05, 4.69) is 5.32 Å². The maximum absolute atomic E-state index is 12.7. The second-order valence-corrected chi connectivity index (χ2v) is 6.64. The highest BCUT2D eigenvalue weighted by Crippen LogP contribution is 2.42. The third kappa shape index (κ3) is 3.12. The summed E-state index contributed by atoms with van der Waals surface area (Å²) in [5, 5.41) is 3.54. The smallest absolute Gasteiger partial charge is 0.307 e. The fraction of sp³-hybridized carbons (Fsp3) is 0.222. The van der Waals surface area contributed by atoms with Gasteiger partial charge < -0.3 is 10.1 Å². The van der Waals surface area contributed by atoms with E-state index >= 15 is 0 Å². The van der Waals surface area contributed by atoms with Crippen LogP contribution in [0.2, 0.25) is 10.0 Å². The minimum absolute atomic E-state index is 0.0263. The summed E-state index contributed by atoms with van der Waals surface area (Å²) in [5.41, 5.74) is 0.299. The zero-order valence-electron chi connectivity index (χ0n) is 12.9. The van der Waals surface area contributed by atoms with Gasteiger partial charge in [-0.2, -0.15) is 0 Å². The molecule has 1 aliphatic heterocycles. The number of amides is 1. The summed E-state index contributed by atoms with van der Waals surface area (Å²) in [6.07, 6.45) is 0.0263. The lowest BCUT2D eigenvalue weighted by molar-refractivity contribution is -0.149. The summed E-state index contributed by atoms with van der Waals surface area (Å²) in [7, 11) is 0. The maximum Gasteiger partial charge on any atom is 0.307 e. The van der Waals surface area contributed by atoms with Gasteiger partial charge in [-0.1, -0.05) is 53.5 Å². The summed E-state index contributed by atoms with van der Waals surface area (Å²) in [6.45, 7) is 1.76. The molecule has 0 saturated carbocycles. The van der Waals surface area contributed by atoms with Crippen LogP contribution in [-0.2, 0) is 19.9 Å². The van der Waals surface area contributed by atoms with E-state index in [1.807, 2.05) is 30.3 Å². The Morgan fingerprint density at radius 2 is 1.88 bits per heavy atom. The van der Waals surface area contributed by atoms with Crippen LogP contribution in [0.3, 0.4) is 0 Å². The molecule has 0 aromatic heterocycles. The van der Waals surface area contributed by atoms with Gasteiger partial charge in [-0.15, -0.1) is 0 Å². The van der Waals surface area contributed by atoms with Crippen molar-refractivity contribution in [1.29, 1.82) is 0 Å². The molecule has 2 aromatic carbocycles. The van der Waals surface area contributed by atoms with Gasteiger partial charge in [0.25, 0.3) is 0 Å². The summed E-state index contributed by atoms with van der Waals surface area (Å²) in [5.74, 6) is -1.33. The fourth-order valence-electron chi connectivity index (χ4n) is 2.89. The number of rotatable bonds is 3. The zero-order chi connectivity index (χ0) is 17.3. The van der Waals surface area contributed by atoms with Crippen LogP contribution in [0.4, 0.5) is 5.69 Å². The van der Waals surface area contributed by atoms with Crippen molar-refractivity contribution in [2.24, 2.45) is 5.92 Å². The van der Waals surface area contributed by atoms with Gasteiger partial charge in [0, 0.05) is 5.69 Å². The van der Waals surface area contributed by atoms with Crippen molar-refractivity contribution in [3.63, 3.8) is 0 Å². The zero-order valence-corrected chi connectivity index (χ0v) is 14.4. The Morgan fingerprint density at radius 1 is 1.17 bits per heavy atom. The minimum Gasteiger partial charge on any atom is -0.454 e. The number of hydrogen-bond acceptors (Lipinski definition) is 3. The van der Waals surface area contributed by atoms with Gasteiger partial charge >= 0.3 is 5.97 Å². The first-order chi connectivity index (χ1) is 11.4. The first kappa shape index (κ1) is 16.8. The second-order valence-electron chi connectivity index (χ2n) is 5.82. The molecule has 2 unspecified atom stereocenters. The third-order valence-corrected chi connectivity index (χ3v) is 4.95. The molecule has 1 N–H and O–H groups in total. The predicted molar refractivity (Wildman–Crippen MR) is 93.1 cm³/mol. The molecule has 3 rings (SSSR count). The van der Waals surface area contributed by atoms with Crippen LogP contribution in [0, 0.1) is 5.92 Å². The van der Waals surface area contributed by atoms with Crippen LogP contribution in [-0.4, -0.2) is 11.9 Å². The normalized spacial score (nSPS) is 23.0. The van der Waals surface area contributed by atoms with Crippen LogP contribution in [0.1, 0.15) is 18.9 Å². The summed E-state index contributed by atoms with van der Waals surface area (Å²) >= 11 is 11.8. The Labute approximate surface area is 149 Å². The molecule has 1 aliphatic rings. The minimum atomic E-state index is -1.00. The van der Waals surface area contributed by atoms with Crippen molar-refractivity contribution < 1.29 is 14.3 Å². The molecular weight excluding hydrogens is 349 g/mol. The molecule has 1 fully saturated rings. The highest BCUT2D eigenvalue weighted by atomic mass is 35.5. The Bertz CT molecular complexity index is 794. The summed E-state index contributed by atoms with van der Waals surface area (Å²) < 4.78 is 5.50. The number of carbonyl (C=O) groups is 2. The van der Waals surface area contributed by atoms with Crippen molar-refractivity contribution >= 4 is 40.8 Å². The van der Waals surface area contributed by atoms with Gasteiger partial charge in [-0.05, 0) is 30.7 Å². The summed E-state index contributed by atoms with van der Waals surface area (Å²) in [4.78, 5) is 24.6. The molecular formula is C18H15Cl2NO3. The first-order valence-corrected chi connectivity index (χ1v) is 8.19. The molecule has 1 heterocycles. The van der Waals surface area contributed by atoms with Crippen LogP contribution in [0.15, 0.2) is 48.5 Å². The first-order valence-electron chi connectivity index (χ1n) is 7.43. The number of nitrogens with one attached hydrogen (secondary N) is 1. The molecule has 0 aliphatic carbocycles. The number of carbonyl (C=O) groups excluding carboxylic acids is 2. The van der Waals surface area contributed by atoms with Gasteiger partial charge in [0.2, 0.25) is 5.91 Å². The Morgan fingerprint density at radius 3 is 2.54 bits per heavy atom. The van der Waals surface area contributed by atoms with Crippen LogP contribution >= 0.6 is 23.2 Å². The molecule has 6 heteroatoms. The van der Waals surface area contributed by atoms with E-state index < -0.39 is 17.5 Å². The van der Waals surface area contributed by atoms with Gasteiger partial charge in [0.05, 0.1) is 22.4 Å². The molecule has 1 amide bonds. The second kappa shape index (κ2) is 6.46. The molecule has 1 saturated heterocycles. The maximum atomic E-state index is 12.7. The average Bonchev–Trinajstić information content (AvgIpc) is 2.88. The monoisotopic (exact) mass is 363 g/mol. The quantitative estimate of drug-likeness (QED) is 0.821. The topological polar surface area (TPSA) is 55.4 Å². The number of cyclic esters (lactones) is 1. The molecule has 2 aromatic rings. The third-order valence-electron chi connectivity index (χ3n) is 4.21. The van der Waals surface area contributed by atoms with E-state index in [1.165, 1.54) is 0 Å².